The van der Waals surface area contributed by atoms with E-state index in [0.29, 0.717) is 0 Å². The number of hydrogen-bond acceptors (Lipinski definition) is 6. The number of ether oxygens (including phenoxy) is 2. The largest absolute Gasteiger partial charge is 0.452 e. The fraction of sp³-hybridized carbons (Fsp3) is 0.571. The number of carbonyl (C=O) groups is 2. The van der Waals surface area contributed by atoms with Crippen LogP contribution in [0.4, 0.5) is 0 Å². The number of aliphatic hydroxyl groups is 2. The quantitative estimate of drug-likeness (QED) is 0.451. The molecule has 0 aromatic rings. The fourth-order valence-electron chi connectivity index (χ4n) is 1.82. The lowest BCUT2D eigenvalue weighted by molar-refractivity contribution is -0.269. The summed E-state index contributed by atoms with van der Waals surface area (Å²) in [6.45, 7) is 9.76. The normalized spacial score (nSPS) is 29.4. The van der Waals surface area contributed by atoms with E-state index in [9.17, 15) is 19.8 Å². The predicted molar refractivity (Wildman–Crippen MR) is 70.4 cm³/mol. The molecule has 1 fully saturated rings. The molecule has 1 aliphatic carbocycles. The van der Waals surface area contributed by atoms with Gasteiger partial charge in [-0.05, 0) is 20.3 Å². The zero-order valence-corrected chi connectivity index (χ0v) is 11.7. The number of aliphatic hydroxyl groups excluding tert-OH is 1. The number of hydrogen-bond donors (Lipinski definition) is 2. The van der Waals surface area contributed by atoms with Crippen LogP contribution in [0.5, 0.6) is 0 Å². The Balaban J connectivity index is 2.88. The standard InChI is InChI=1S/C14H20O6/c1-8(2)12(16)19-11-7-10(15)5-6-14(11,18)20-13(17)9(3)4/h10-11,15,18H,1,3,5-7H2,2,4H3. The van der Waals surface area contributed by atoms with Crippen LogP contribution < -0.4 is 0 Å². The van der Waals surface area contributed by atoms with E-state index in [1.54, 1.807) is 0 Å². The highest BCUT2D eigenvalue weighted by molar-refractivity contribution is 5.88. The van der Waals surface area contributed by atoms with Crippen molar-refractivity contribution in [3.63, 3.8) is 0 Å². The summed E-state index contributed by atoms with van der Waals surface area (Å²) in [5, 5.41) is 20.0. The zero-order valence-electron chi connectivity index (χ0n) is 11.7. The van der Waals surface area contributed by atoms with E-state index in [1.807, 2.05) is 0 Å². The van der Waals surface area contributed by atoms with E-state index < -0.39 is 29.9 Å². The molecule has 0 aliphatic heterocycles. The Labute approximate surface area is 117 Å². The van der Waals surface area contributed by atoms with E-state index in [-0.39, 0.29) is 30.4 Å². The minimum absolute atomic E-state index is 0.0149. The third-order valence-electron chi connectivity index (χ3n) is 3.04. The highest BCUT2D eigenvalue weighted by atomic mass is 16.7. The van der Waals surface area contributed by atoms with E-state index in [2.05, 4.69) is 13.2 Å². The van der Waals surface area contributed by atoms with Crippen LogP contribution in [0.25, 0.3) is 0 Å². The third kappa shape index (κ3) is 3.91. The van der Waals surface area contributed by atoms with Crippen LogP contribution in [-0.4, -0.2) is 40.1 Å². The summed E-state index contributed by atoms with van der Waals surface area (Å²) in [5.41, 5.74) is 0.271. The first-order valence-electron chi connectivity index (χ1n) is 6.31. The minimum atomic E-state index is -1.96. The van der Waals surface area contributed by atoms with Crippen LogP contribution in [-0.2, 0) is 19.1 Å². The SMILES string of the molecule is C=C(C)C(=O)OC1CC(O)CCC1(O)OC(=O)C(=C)C. The van der Waals surface area contributed by atoms with Crippen molar-refractivity contribution < 1.29 is 29.3 Å². The van der Waals surface area contributed by atoms with Gasteiger partial charge in [0, 0.05) is 24.0 Å². The van der Waals surface area contributed by atoms with Crippen molar-refractivity contribution in [1.29, 1.82) is 0 Å². The van der Waals surface area contributed by atoms with Gasteiger partial charge in [-0.15, -0.1) is 0 Å². The molecule has 6 heteroatoms. The molecule has 0 amide bonds. The molecule has 0 aromatic carbocycles. The van der Waals surface area contributed by atoms with Crippen molar-refractivity contribution in [2.45, 2.75) is 51.1 Å². The summed E-state index contributed by atoms with van der Waals surface area (Å²) in [4.78, 5) is 23.1. The van der Waals surface area contributed by atoms with Gasteiger partial charge in [0.05, 0.1) is 6.10 Å². The van der Waals surface area contributed by atoms with Crippen molar-refractivity contribution in [3.05, 3.63) is 24.3 Å². The smallest absolute Gasteiger partial charge is 0.335 e. The topological polar surface area (TPSA) is 93.1 Å². The maximum absolute atomic E-state index is 11.6. The van der Waals surface area contributed by atoms with Crippen LogP contribution in [0.15, 0.2) is 24.3 Å². The molecule has 0 heterocycles. The Bertz CT molecular complexity index is 441. The molecule has 0 saturated heterocycles. The van der Waals surface area contributed by atoms with Crippen molar-refractivity contribution in [1.82, 2.24) is 0 Å². The Morgan fingerprint density at radius 2 is 1.75 bits per heavy atom. The van der Waals surface area contributed by atoms with Crippen molar-refractivity contribution >= 4 is 11.9 Å². The van der Waals surface area contributed by atoms with Gasteiger partial charge in [0.2, 0.25) is 5.79 Å². The maximum Gasteiger partial charge on any atom is 0.335 e. The van der Waals surface area contributed by atoms with E-state index in [0.717, 1.165) is 0 Å². The van der Waals surface area contributed by atoms with Gasteiger partial charge < -0.3 is 19.7 Å². The van der Waals surface area contributed by atoms with E-state index in [4.69, 9.17) is 9.47 Å². The van der Waals surface area contributed by atoms with Crippen molar-refractivity contribution in [2.75, 3.05) is 0 Å². The third-order valence-corrected chi connectivity index (χ3v) is 3.04. The Kier molecular flexibility index (Phi) is 5.08. The summed E-state index contributed by atoms with van der Waals surface area (Å²) in [5.74, 6) is -3.45. The van der Waals surface area contributed by atoms with Gasteiger partial charge >= 0.3 is 11.9 Å². The second-order valence-corrected chi connectivity index (χ2v) is 5.12. The van der Waals surface area contributed by atoms with Crippen LogP contribution in [0, 0.1) is 0 Å². The number of rotatable bonds is 4. The summed E-state index contributed by atoms with van der Waals surface area (Å²) in [7, 11) is 0. The average Bonchev–Trinajstić information content (AvgIpc) is 2.33. The lowest BCUT2D eigenvalue weighted by Gasteiger charge is -2.39. The molecule has 6 nitrogen and oxygen atoms in total. The molecule has 0 aromatic heterocycles. The van der Waals surface area contributed by atoms with Gasteiger partial charge in [0.1, 0.15) is 0 Å². The monoisotopic (exact) mass is 284 g/mol. The summed E-state index contributed by atoms with van der Waals surface area (Å²) in [6.07, 6.45) is -1.68. The summed E-state index contributed by atoms with van der Waals surface area (Å²) in [6, 6.07) is 0. The molecular formula is C14H20O6. The highest BCUT2D eigenvalue weighted by Crippen LogP contribution is 2.33. The molecule has 3 atom stereocenters. The van der Waals surface area contributed by atoms with Crippen LogP contribution in [0.3, 0.4) is 0 Å². The van der Waals surface area contributed by atoms with Gasteiger partial charge in [0.15, 0.2) is 6.10 Å². The lowest BCUT2D eigenvalue weighted by Crippen LogP contribution is -2.53. The summed E-state index contributed by atoms with van der Waals surface area (Å²) < 4.78 is 10.0. The predicted octanol–water partition coefficient (Wildman–Crippen LogP) is 0.827. The van der Waals surface area contributed by atoms with Crippen LogP contribution in [0.1, 0.15) is 33.1 Å². The molecule has 3 unspecified atom stereocenters. The Morgan fingerprint density at radius 1 is 1.20 bits per heavy atom. The molecular weight excluding hydrogens is 264 g/mol. The van der Waals surface area contributed by atoms with E-state index >= 15 is 0 Å². The molecule has 1 saturated carbocycles. The van der Waals surface area contributed by atoms with Gasteiger partial charge in [-0.1, -0.05) is 13.2 Å². The number of esters is 2. The first kappa shape index (κ1) is 16.4. The second-order valence-electron chi connectivity index (χ2n) is 5.12. The van der Waals surface area contributed by atoms with E-state index in [1.165, 1.54) is 13.8 Å². The first-order chi connectivity index (χ1) is 9.15. The summed E-state index contributed by atoms with van der Waals surface area (Å²) >= 11 is 0. The van der Waals surface area contributed by atoms with Crippen LogP contribution in [0.2, 0.25) is 0 Å². The molecule has 1 aliphatic rings. The number of carbonyl (C=O) groups excluding carboxylic acids is 2. The molecule has 2 N–H and O–H groups in total. The lowest BCUT2D eigenvalue weighted by atomic mass is 9.89. The molecule has 20 heavy (non-hydrogen) atoms. The van der Waals surface area contributed by atoms with Gasteiger partial charge in [-0.3, -0.25) is 0 Å². The zero-order chi connectivity index (χ0) is 15.5. The molecule has 1 rings (SSSR count). The second kappa shape index (κ2) is 6.19. The molecule has 0 spiro atoms. The van der Waals surface area contributed by atoms with Crippen molar-refractivity contribution in [3.8, 4) is 0 Å². The average molecular weight is 284 g/mol. The van der Waals surface area contributed by atoms with Crippen LogP contribution >= 0.6 is 0 Å². The van der Waals surface area contributed by atoms with Gasteiger partial charge in [-0.2, -0.15) is 0 Å². The highest BCUT2D eigenvalue weighted by Gasteiger charge is 2.48. The van der Waals surface area contributed by atoms with Crippen molar-refractivity contribution in [2.24, 2.45) is 0 Å². The first-order valence-corrected chi connectivity index (χ1v) is 6.31. The maximum atomic E-state index is 11.6. The van der Waals surface area contributed by atoms with Gasteiger partial charge in [0.25, 0.3) is 0 Å². The Morgan fingerprint density at radius 3 is 2.25 bits per heavy atom. The van der Waals surface area contributed by atoms with Gasteiger partial charge in [-0.25, -0.2) is 9.59 Å². The fourth-order valence-corrected chi connectivity index (χ4v) is 1.82. The molecule has 0 bridgehead atoms. The molecule has 112 valence electrons. The Hall–Kier alpha value is -1.66. The minimum Gasteiger partial charge on any atom is -0.452 e. The molecule has 0 radical (unpaired) electrons.